The zero-order valence-corrected chi connectivity index (χ0v) is 11.6. The highest BCUT2D eigenvalue weighted by atomic mass is 35.5. The van der Waals surface area contributed by atoms with Crippen LogP contribution in [-0.2, 0) is 0 Å². The lowest BCUT2D eigenvalue weighted by Crippen LogP contribution is -2.33. The first-order valence-electron chi connectivity index (χ1n) is 6.03. The van der Waals surface area contributed by atoms with E-state index in [0.717, 1.165) is 32.6 Å². The van der Waals surface area contributed by atoms with Crippen molar-refractivity contribution < 1.29 is 4.79 Å². The Morgan fingerprint density at radius 3 is 2.89 bits per heavy atom. The minimum Gasteiger partial charge on any atom is -0.356 e. The normalized spacial score (nSPS) is 26.6. The van der Waals surface area contributed by atoms with Crippen LogP contribution in [0.5, 0.6) is 0 Å². The van der Waals surface area contributed by atoms with Gasteiger partial charge in [0.15, 0.2) is 0 Å². The molecule has 0 aliphatic carbocycles. The monoisotopic (exact) mass is 289 g/mol. The van der Waals surface area contributed by atoms with E-state index in [1.807, 2.05) is 4.90 Å². The van der Waals surface area contributed by atoms with Crippen LogP contribution in [0, 0.1) is 5.41 Å². The second-order valence-corrected chi connectivity index (χ2v) is 5.57. The van der Waals surface area contributed by atoms with Gasteiger partial charge < -0.3 is 15.2 Å². The molecular weight excluding hydrogens is 273 g/mol. The maximum absolute atomic E-state index is 12.2. The Hall–Kier alpha value is -0.710. The molecule has 1 spiro atoms. The zero-order valence-electron chi connectivity index (χ0n) is 10.0. The fourth-order valence-electron chi connectivity index (χ4n) is 2.91. The van der Waals surface area contributed by atoms with Gasteiger partial charge >= 0.3 is 0 Å². The van der Waals surface area contributed by atoms with Crippen molar-refractivity contribution in [1.82, 2.24) is 15.2 Å². The van der Waals surface area contributed by atoms with Crippen LogP contribution in [-0.4, -0.2) is 42.0 Å². The Kier molecular flexibility index (Phi) is 3.90. The van der Waals surface area contributed by atoms with Crippen LogP contribution in [0.1, 0.15) is 23.3 Å². The van der Waals surface area contributed by atoms with E-state index in [1.165, 1.54) is 6.42 Å². The van der Waals surface area contributed by atoms with Crippen molar-refractivity contribution in [3.8, 4) is 0 Å². The van der Waals surface area contributed by atoms with E-state index in [9.17, 15) is 4.79 Å². The number of hydrogen-bond acceptors (Lipinski definition) is 2. The van der Waals surface area contributed by atoms with Gasteiger partial charge in [-0.05, 0) is 25.5 Å². The summed E-state index contributed by atoms with van der Waals surface area (Å²) in [5, 5.41) is 3.98. The number of likely N-dealkylation sites (tertiary alicyclic amines) is 1. The standard InChI is InChI=1S/C12H16ClN3O.ClH/c13-9-5-10(15-6-9)11(17)16-4-2-12(8-16)1-3-14-7-12;/h5-6,14-15H,1-4,7-8H2;1H. The number of rotatable bonds is 1. The predicted octanol–water partition coefficient (Wildman–Crippen LogP) is 1.92. The maximum atomic E-state index is 12.2. The Balaban J connectivity index is 0.00000120. The third-order valence-electron chi connectivity index (χ3n) is 3.94. The fraction of sp³-hybridized carbons (Fsp3) is 0.583. The topological polar surface area (TPSA) is 48.1 Å². The second-order valence-electron chi connectivity index (χ2n) is 5.14. The number of H-pyrrole nitrogens is 1. The lowest BCUT2D eigenvalue weighted by atomic mass is 9.87. The van der Waals surface area contributed by atoms with Gasteiger partial charge in [-0.15, -0.1) is 12.4 Å². The fourth-order valence-corrected chi connectivity index (χ4v) is 3.08. The Morgan fingerprint density at radius 1 is 1.44 bits per heavy atom. The quantitative estimate of drug-likeness (QED) is 0.830. The first-order valence-corrected chi connectivity index (χ1v) is 6.40. The van der Waals surface area contributed by atoms with Crippen LogP contribution < -0.4 is 5.32 Å². The van der Waals surface area contributed by atoms with Gasteiger partial charge in [0.25, 0.3) is 5.91 Å². The molecule has 18 heavy (non-hydrogen) atoms. The van der Waals surface area contributed by atoms with E-state index < -0.39 is 0 Å². The number of aromatic nitrogens is 1. The van der Waals surface area contributed by atoms with Crippen molar-refractivity contribution in [2.24, 2.45) is 5.41 Å². The number of halogens is 2. The van der Waals surface area contributed by atoms with Crippen LogP contribution in [0.25, 0.3) is 0 Å². The minimum atomic E-state index is 0. The molecule has 0 saturated carbocycles. The second kappa shape index (κ2) is 5.11. The molecule has 2 aliphatic rings. The third-order valence-corrected chi connectivity index (χ3v) is 4.15. The van der Waals surface area contributed by atoms with Crippen LogP contribution in [0.3, 0.4) is 0 Å². The van der Waals surface area contributed by atoms with Gasteiger partial charge in [-0.3, -0.25) is 4.79 Å². The highest BCUT2D eigenvalue weighted by Gasteiger charge is 2.42. The summed E-state index contributed by atoms with van der Waals surface area (Å²) in [6.07, 6.45) is 3.94. The molecule has 100 valence electrons. The summed E-state index contributed by atoms with van der Waals surface area (Å²) in [5.41, 5.74) is 0.921. The maximum Gasteiger partial charge on any atom is 0.270 e. The van der Waals surface area contributed by atoms with Crippen molar-refractivity contribution in [3.63, 3.8) is 0 Å². The Bertz CT molecular complexity index is 440. The summed E-state index contributed by atoms with van der Waals surface area (Å²) in [6, 6.07) is 1.70. The van der Waals surface area contributed by atoms with E-state index in [1.54, 1.807) is 12.3 Å². The van der Waals surface area contributed by atoms with Gasteiger partial charge in [0.1, 0.15) is 5.69 Å². The Morgan fingerprint density at radius 2 is 2.28 bits per heavy atom. The molecule has 1 atom stereocenters. The largest absolute Gasteiger partial charge is 0.356 e. The van der Waals surface area contributed by atoms with Crippen molar-refractivity contribution in [2.75, 3.05) is 26.2 Å². The molecule has 0 bridgehead atoms. The van der Waals surface area contributed by atoms with Gasteiger partial charge in [-0.1, -0.05) is 11.6 Å². The van der Waals surface area contributed by atoms with Crippen LogP contribution in [0.4, 0.5) is 0 Å². The first kappa shape index (κ1) is 13.7. The SMILES string of the molecule is Cl.O=C(c1cc(Cl)c[nH]1)N1CCC2(CCNC2)C1. The zero-order chi connectivity index (χ0) is 11.9. The van der Waals surface area contributed by atoms with Crippen molar-refractivity contribution in [1.29, 1.82) is 0 Å². The van der Waals surface area contributed by atoms with Gasteiger partial charge in [0.05, 0.1) is 5.02 Å². The molecule has 1 aromatic heterocycles. The number of carbonyl (C=O) groups is 1. The summed E-state index contributed by atoms with van der Waals surface area (Å²) in [6.45, 7) is 3.85. The summed E-state index contributed by atoms with van der Waals surface area (Å²) >= 11 is 5.82. The molecule has 1 amide bonds. The number of amides is 1. The molecule has 1 aromatic rings. The summed E-state index contributed by atoms with van der Waals surface area (Å²) in [5.74, 6) is 0.0701. The average molecular weight is 290 g/mol. The molecule has 0 radical (unpaired) electrons. The predicted molar refractivity (Wildman–Crippen MR) is 73.5 cm³/mol. The van der Waals surface area contributed by atoms with Gasteiger partial charge in [0.2, 0.25) is 0 Å². The summed E-state index contributed by atoms with van der Waals surface area (Å²) in [4.78, 5) is 17.1. The van der Waals surface area contributed by atoms with Crippen LogP contribution >= 0.6 is 24.0 Å². The van der Waals surface area contributed by atoms with Gasteiger partial charge in [-0.25, -0.2) is 0 Å². The molecule has 0 aromatic carbocycles. The van der Waals surface area contributed by atoms with E-state index in [4.69, 9.17) is 11.6 Å². The lowest BCUT2D eigenvalue weighted by Gasteiger charge is -2.22. The molecule has 2 saturated heterocycles. The van der Waals surface area contributed by atoms with E-state index in [-0.39, 0.29) is 18.3 Å². The number of hydrogen-bond donors (Lipinski definition) is 2. The Labute approximate surface area is 117 Å². The highest BCUT2D eigenvalue weighted by Crippen LogP contribution is 2.36. The van der Waals surface area contributed by atoms with Crippen molar-refractivity contribution >= 4 is 29.9 Å². The van der Waals surface area contributed by atoms with Gasteiger partial charge in [-0.2, -0.15) is 0 Å². The molecule has 6 heteroatoms. The minimum absolute atomic E-state index is 0. The number of nitrogens with one attached hydrogen (secondary N) is 2. The molecule has 3 rings (SSSR count). The molecule has 4 nitrogen and oxygen atoms in total. The van der Waals surface area contributed by atoms with E-state index in [2.05, 4.69) is 10.3 Å². The highest BCUT2D eigenvalue weighted by molar-refractivity contribution is 6.30. The molecule has 1 unspecified atom stereocenters. The lowest BCUT2D eigenvalue weighted by molar-refractivity contribution is 0.0770. The smallest absolute Gasteiger partial charge is 0.270 e. The third kappa shape index (κ3) is 2.37. The average Bonchev–Trinajstić information content (AvgIpc) is 3.02. The molecule has 3 heterocycles. The molecule has 2 aliphatic heterocycles. The number of carbonyl (C=O) groups excluding carboxylic acids is 1. The van der Waals surface area contributed by atoms with E-state index in [0.29, 0.717) is 16.1 Å². The molecule has 2 N–H and O–H groups in total. The van der Waals surface area contributed by atoms with Crippen molar-refractivity contribution in [2.45, 2.75) is 12.8 Å². The van der Waals surface area contributed by atoms with Crippen LogP contribution in [0.2, 0.25) is 5.02 Å². The molecular formula is C12H17Cl2N3O. The van der Waals surface area contributed by atoms with Gasteiger partial charge in [0, 0.05) is 31.2 Å². The summed E-state index contributed by atoms with van der Waals surface area (Å²) in [7, 11) is 0. The van der Waals surface area contributed by atoms with Crippen molar-refractivity contribution in [3.05, 3.63) is 23.0 Å². The van der Waals surface area contributed by atoms with E-state index >= 15 is 0 Å². The van der Waals surface area contributed by atoms with Crippen LogP contribution in [0.15, 0.2) is 12.3 Å². The number of aromatic amines is 1. The molecule has 2 fully saturated rings. The first-order chi connectivity index (χ1) is 8.19. The summed E-state index contributed by atoms with van der Waals surface area (Å²) < 4.78 is 0. The number of nitrogens with zero attached hydrogens (tertiary/aromatic N) is 1.